The molecule has 0 aliphatic heterocycles. The summed E-state index contributed by atoms with van der Waals surface area (Å²) < 4.78 is 0. The van der Waals surface area contributed by atoms with Gasteiger partial charge in [-0.15, -0.1) is 0 Å². The van der Waals surface area contributed by atoms with Crippen LogP contribution in [0.4, 0.5) is 0 Å². The highest BCUT2D eigenvalue weighted by Gasteiger charge is 2.29. The molecule has 2 aromatic carbocycles. The molecule has 0 N–H and O–H groups in total. The molecule has 2 aromatic rings. The molecule has 1 unspecified atom stereocenters. The van der Waals surface area contributed by atoms with Crippen LogP contribution in [0.1, 0.15) is 17.9 Å². The molecule has 14 heavy (non-hydrogen) atoms. The monoisotopic (exact) mass is 180 g/mol. The van der Waals surface area contributed by atoms with Gasteiger partial charge in [-0.1, -0.05) is 54.6 Å². The molecule has 0 saturated heterocycles. The summed E-state index contributed by atoms with van der Waals surface area (Å²) in [6.45, 7) is 4.03. The molecule has 1 aliphatic rings. The maximum Gasteiger partial charge on any atom is 0.00892 e. The van der Waals surface area contributed by atoms with Gasteiger partial charge < -0.3 is 0 Å². The Labute approximate surface area is 83.9 Å². The molecule has 0 bridgehead atoms. The fourth-order valence-corrected chi connectivity index (χ4v) is 2.09. The predicted octanol–water partition coefficient (Wildman–Crippen LogP) is 3.88. The third-order valence-corrected chi connectivity index (χ3v) is 3.00. The Bertz CT molecular complexity index is 503. The Morgan fingerprint density at radius 1 is 1.00 bits per heavy atom. The van der Waals surface area contributed by atoms with E-state index in [2.05, 4.69) is 49.0 Å². The van der Waals surface area contributed by atoms with Gasteiger partial charge in [-0.05, 0) is 22.8 Å². The molecular weight excluding hydrogens is 168 g/mol. The number of benzene rings is 2. The van der Waals surface area contributed by atoms with Crippen LogP contribution in [0.15, 0.2) is 54.6 Å². The van der Waals surface area contributed by atoms with Gasteiger partial charge in [0.05, 0.1) is 0 Å². The molecule has 0 nitrogen and oxygen atoms in total. The van der Waals surface area contributed by atoms with Gasteiger partial charge in [-0.25, -0.2) is 0 Å². The first kappa shape index (κ1) is 7.81. The Hall–Kier alpha value is -1.56. The van der Waals surface area contributed by atoms with E-state index in [0.717, 1.165) is 0 Å². The lowest BCUT2D eigenvalue weighted by Crippen LogP contribution is -1.82. The average molecular weight is 180 g/mol. The maximum absolute atomic E-state index is 4.03. The molecule has 0 spiro atoms. The summed E-state index contributed by atoms with van der Waals surface area (Å²) in [5.74, 6) is 0.626. The average Bonchev–Trinajstić information content (AvgIpc) is 2.95. The topological polar surface area (TPSA) is 0 Å². The molecule has 0 aromatic heterocycles. The third-order valence-electron chi connectivity index (χ3n) is 3.00. The van der Waals surface area contributed by atoms with Crippen LogP contribution < -0.4 is 0 Å². The molecule has 0 heteroatoms. The first-order valence-electron chi connectivity index (χ1n) is 5.01. The minimum atomic E-state index is 0.626. The van der Waals surface area contributed by atoms with Gasteiger partial charge in [0.25, 0.3) is 0 Å². The Morgan fingerprint density at radius 3 is 2.50 bits per heavy atom. The van der Waals surface area contributed by atoms with Crippen molar-refractivity contribution < 1.29 is 0 Å². The van der Waals surface area contributed by atoms with Gasteiger partial charge >= 0.3 is 0 Å². The second-order valence-corrected chi connectivity index (χ2v) is 3.98. The summed E-state index contributed by atoms with van der Waals surface area (Å²) in [5, 5.41) is 2.73. The van der Waals surface area contributed by atoms with E-state index in [1.807, 2.05) is 0 Å². The van der Waals surface area contributed by atoms with Crippen LogP contribution in [0.5, 0.6) is 0 Å². The van der Waals surface area contributed by atoms with Crippen molar-refractivity contribution in [2.75, 3.05) is 0 Å². The Morgan fingerprint density at radius 2 is 1.71 bits per heavy atom. The van der Waals surface area contributed by atoms with Crippen LogP contribution in [0, 0.1) is 0 Å². The van der Waals surface area contributed by atoms with E-state index in [0.29, 0.717) is 5.92 Å². The number of allylic oxidation sites excluding steroid dienone is 1. The molecule has 0 heterocycles. The van der Waals surface area contributed by atoms with Gasteiger partial charge in [0, 0.05) is 5.92 Å². The second kappa shape index (κ2) is 2.71. The van der Waals surface area contributed by atoms with Crippen molar-refractivity contribution in [1.82, 2.24) is 0 Å². The van der Waals surface area contributed by atoms with E-state index in [1.54, 1.807) is 0 Å². The van der Waals surface area contributed by atoms with Crippen LogP contribution in [0.25, 0.3) is 10.8 Å². The predicted molar refractivity (Wildman–Crippen MR) is 60.4 cm³/mol. The Balaban J connectivity index is 2.28. The lowest BCUT2D eigenvalue weighted by Gasteiger charge is -2.03. The van der Waals surface area contributed by atoms with E-state index >= 15 is 0 Å². The fraction of sp³-hybridized carbons (Fsp3) is 0.143. The van der Waals surface area contributed by atoms with Crippen LogP contribution in [0.3, 0.4) is 0 Å². The van der Waals surface area contributed by atoms with Gasteiger partial charge in [-0.3, -0.25) is 0 Å². The second-order valence-electron chi connectivity index (χ2n) is 3.98. The largest absolute Gasteiger partial charge is 0.0992 e. The molecule has 0 amide bonds. The van der Waals surface area contributed by atoms with E-state index in [-0.39, 0.29) is 0 Å². The summed E-state index contributed by atoms with van der Waals surface area (Å²) in [5.41, 5.74) is 2.83. The van der Waals surface area contributed by atoms with Gasteiger partial charge in [0.15, 0.2) is 0 Å². The lowest BCUT2D eigenvalue weighted by molar-refractivity contribution is 1.18. The molecule has 68 valence electrons. The highest BCUT2D eigenvalue weighted by atomic mass is 14.3. The SMILES string of the molecule is C=C1CC1c1cccc2ccccc12. The number of rotatable bonds is 1. The molecule has 3 rings (SSSR count). The van der Waals surface area contributed by atoms with E-state index in [1.165, 1.54) is 28.3 Å². The number of hydrogen-bond acceptors (Lipinski definition) is 0. The number of hydrogen-bond donors (Lipinski definition) is 0. The van der Waals surface area contributed by atoms with E-state index in [9.17, 15) is 0 Å². The summed E-state index contributed by atoms with van der Waals surface area (Å²) >= 11 is 0. The molecule has 1 atom stereocenters. The minimum absolute atomic E-state index is 0.626. The van der Waals surface area contributed by atoms with Crippen molar-refractivity contribution in [3.63, 3.8) is 0 Å². The molecule has 1 aliphatic carbocycles. The molecule has 1 fully saturated rings. The van der Waals surface area contributed by atoms with E-state index in [4.69, 9.17) is 0 Å². The van der Waals surface area contributed by atoms with Gasteiger partial charge in [-0.2, -0.15) is 0 Å². The van der Waals surface area contributed by atoms with Crippen LogP contribution >= 0.6 is 0 Å². The van der Waals surface area contributed by atoms with Crippen LogP contribution in [-0.2, 0) is 0 Å². The zero-order valence-corrected chi connectivity index (χ0v) is 8.03. The lowest BCUT2D eigenvalue weighted by atomic mass is 10.0. The maximum atomic E-state index is 4.03. The zero-order valence-electron chi connectivity index (χ0n) is 8.03. The van der Waals surface area contributed by atoms with Crippen molar-refractivity contribution >= 4 is 10.8 Å². The standard InChI is InChI=1S/C14H12/c1-10-9-14(10)13-8-4-6-11-5-2-3-7-12(11)13/h2-8,14H,1,9H2. The molecule has 1 saturated carbocycles. The fourth-order valence-electron chi connectivity index (χ4n) is 2.09. The first-order valence-corrected chi connectivity index (χ1v) is 5.01. The van der Waals surface area contributed by atoms with Crippen molar-refractivity contribution in [3.05, 3.63) is 60.2 Å². The van der Waals surface area contributed by atoms with Gasteiger partial charge in [0.1, 0.15) is 0 Å². The summed E-state index contributed by atoms with van der Waals surface area (Å²) in [4.78, 5) is 0. The minimum Gasteiger partial charge on any atom is -0.0992 e. The third kappa shape index (κ3) is 1.07. The highest BCUT2D eigenvalue weighted by molar-refractivity contribution is 5.87. The zero-order chi connectivity index (χ0) is 9.54. The van der Waals surface area contributed by atoms with Crippen LogP contribution in [0.2, 0.25) is 0 Å². The smallest absolute Gasteiger partial charge is 0.00892 e. The molecular formula is C14H12. The molecule has 0 radical (unpaired) electrons. The highest BCUT2D eigenvalue weighted by Crippen LogP contribution is 2.47. The van der Waals surface area contributed by atoms with Crippen molar-refractivity contribution in [2.45, 2.75) is 12.3 Å². The normalized spacial score (nSPS) is 20.0. The van der Waals surface area contributed by atoms with Crippen LogP contribution in [-0.4, -0.2) is 0 Å². The van der Waals surface area contributed by atoms with E-state index < -0.39 is 0 Å². The quantitative estimate of drug-likeness (QED) is 0.584. The Kier molecular flexibility index (Phi) is 1.51. The first-order chi connectivity index (χ1) is 6.86. The van der Waals surface area contributed by atoms with Crippen molar-refractivity contribution in [1.29, 1.82) is 0 Å². The van der Waals surface area contributed by atoms with Gasteiger partial charge in [0.2, 0.25) is 0 Å². The number of fused-ring (bicyclic) bond motifs is 1. The summed E-state index contributed by atoms with van der Waals surface area (Å²) in [7, 11) is 0. The van der Waals surface area contributed by atoms with Crippen molar-refractivity contribution in [3.8, 4) is 0 Å². The van der Waals surface area contributed by atoms with Crippen molar-refractivity contribution in [2.24, 2.45) is 0 Å². The summed E-state index contributed by atoms with van der Waals surface area (Å²) in [6.07, 6.45) is 1.17. The summed E-state index contributed by atoms with van der Waals surface area (Å²) in [6, 6.07) is 15.1.